The average Bonchev–Trinajstić information content (AvgIpc) is 2.85. The Kier molecular flexibility index (Phi) is 4.77. The molecule has 3 unspecified atom stereocenters. The zero-order valence-corrected chi connectivity index (χ0v) is 12.7. The molecule has 20 heavy (non-hydrogen) atoms. The van der Waals surface area contributed by atoms with Crippen molar-refractivity contribution in [3.8, 4) is 0 Å². The van der Waals surface area contributed by atoms with Gasteiger partial charge in [-0.1, -0.05) is 6.92 Å². The number of nitrogens with one attached hydrogen (secondary N) is 1. The zero-order valence-electron chi connectivity index (χ0n) is 12.7. The summed E-state index contributed by atoms with van der Waals surface area (Å²) in [7, 11) is 3.65. The molecule has 0 radical (unpaired) electrons. The number of amides is 1. The van der Waals surface area contributed by atoms with Gasteiger partial charge in [0.1, 0.15) is 6.04 Å². The summed E-state index contributed by atoms with van der Waals surface area (Å²) in [5.41, 5.74) is 0.896. The lowest BCUT2D eigenvalue weighted by Crippen LogP contribution is -2.51. The van der Waals surface area contributed by atoms with Crippen LogP contribution < -0.4 is 5.32 Å². The van der Waals surface area contributed by atoms with Gasteiger partial charge in [0, 0.05) is 31.9 Å². The third-order valence-electron chi connectivity index (χ3n) is 3.69. The van der Waals surface area contributed by atoms with E-state index in [1.165, 1.54) is 0 Å². The van der Waals surface area contributed by atoms with Crippen LogP contribution >= 0.6 is 0 Å². The van der Waals surface area contributed by atoms with E-state index in [1.54, 1.807) is 17.9 Å². The third-order valence-corrected chi connectivity index (χ3v) is 3.69. The standard InChI is InChI=1S/C14H24N4O2/c1-5-12-9-18(7-10(2)20-12)14(19)13(15-3)11-6-16-17(4)8-11/h6,8,10,12-13,15H,5,7,9H2,1-4H3. The maximum absolute atomic E-state index is 12.7. The van der Waals surface area contributed by atoms with Crippen molar-refractivity contribution in [2.45, 2.75) is 38.5 Å². The van der Waals surface area contributed by atoms with E-state index in [2.05, 4.69) is 17.3 Å². The molecule has 1 saturated heterocycles. The molecule has 1 amide bonds. The molecule has 2 rings (SSSR count). The molecular formula is C14H24N4O2. The molecule has 0 spiro atoms. The monoisotopic (exact) mass is 280 g/mol. The molecule has 6 heteroatoms. The van der Waals surface area contributed by atoms with E-state index in [-0.39, 0.29) is 24.2 Å². The van der Waals surface area contributed by atoms with Crippen LogP contribution in [0.4, 0.5) is 0 Å². The lowest BCUT2D eigenvalue weighted by Gasteiger charge is -2.38. The summed E-state index contributed by atoms with van der Waals surface area (Å²) in [6, 6.07) is -0.341. The lowest BCUT2D eigenvalue weighted by atomic mass is 10.1. The second-order valence-corrected chi connectivity index (χ2v) is 5.39. The number of rotatable bonds is 4. The van der Waals surface area contributed by atoms with Crippen LogP contribution in [0.2, 0.25) is 0 Å². The molecule has 1 aliphatic heterocycles. The molecule has 1 fully saturated rings. The van der Waals surface area contributed by atoms with E-state index in [4.69, 9.17) is 4.74 Å². The van der Waals surface area contributed by atoms with Crippen molar-refractivity contribution in [1.29, 1.82) is 0 Å². The van der Waals surface area contributed by atoms with E-state index < -0.39 is 0 Å². The van der Waals surface area contributed by atoms with Gasteiger partial charge in [0.2, 0.25) is 5.91 Å². The van der Waals surface area contributed by atoms with Crippen molar-refractivity contribution < 1.29 is 9.53 Å². The summed E-state index contributed by atoms with van der Waals surface area (Å²) in [6.45, 7) is 5.41. The van der Waals surface area contributed by atoms with Gasteiger partial charge in [-0.3, -0.25) is 9.48 Å². The van der Waals surface area contributed by atoms with E-state index >= 15 is 0 Å². The van der Waals surface area contributed by atoms with Crippen LogP contribution in [-0.2, 0) is 16.6 Å². The predicted molar refractivity (Wildman–Crippen MR) is 76.2 cm³/mol. The number of aromatic nitrogens is 2. The molecule has 0 aromatic carbocycles. The molecule has 0 saturated carbocycles. The Morgan fingerprint density at radius 2 is 2.35 bits per heavy atom. The number of carbonyl (C=O) groups excluding carboxylic acids is 1. The second kappa shape index (κ2) is 6.37. The molecule has 0 bridgehead atoms. The number of aryl methyl sites for hydroxylation is 1. The van der Waals surface area contributed by atoms with Crippen molar-refractivity contribution in [2.75, 3.05) is 20.1 Å². The number of nitrogens with zero attached hydrogens (tertiary/aromatic N) is 3. The van der Waals surface area contributed by atoms with Crippen LogP contribution in [0, 0.1) is 0 Å². The Bertz CT molecular complexity index is 460. The first-order valence-corrected chi connectivity index (χ1v) is 7.15. The molecule has 6 nitrogen and oxygen atoms in total. The van der Waals surface area contributed by atoms with Crippen molar-refractivity contribution in [2.24, 2.45) is 7.05 Å². The average molecular weight is 280 g/mol. The Balaban J connectivity index is 2.11. The highest BCUT2D eigenvalue weighted by Crippen LogP contribution is 2.20. The molecule has 112 valence electrons. The van der Waals surface area contributed by atoms with Gasteiger partial charge < -0.3 is 15.0 Å². The summed E-state index contributed by atoms with van der Waals surface area (Å²) in [5, 5.41) is 7.23. The minimum Gasteiger partial charge on any atom is -0.372 e. The largest absolute Gasteiger partial charge is 0.372 e. The van der Waals surface area contributed by atoms with Gasteiger partial charge in [0.15, 0.2) is 0 Å². The maximum Gasteiger partial charge on any atom is 0.244 e. The van der Waals surface area contributed by atoms with Gasteiger partial charge in [-0.2, -0.15) is 5.10 Å². The van der Waals surface area contributed by atoms with Crippen LogP contribution in [0.5, 0.6) is 0 Å². The highest BCUT2D eigenvalue weighted by molar-refractivity contribution is 5.83. The fraction of sp³-hybridized carbons (Fsp3) is 0.714. The topological polar surface area (TPSA) is 59.4 Å². The predicted octanol–water partition coefficient (Wildman–Crippen LogP) is 0.706. The first kappa shape index (κ1) is 15.0. The normalized spacial score (nSPS) is 24.7. The highest BCUT2D eigenvalue weighted by Gasteiger charge is 2.32. The fourth-order valence-electron chi connectivity index (χ4n) is 2.66. The van der Waals surface area contributed by atoms with E-state index in [0.717, 1.165) is 12.0 Å². The maximum atomic E-state index is 12.7. The molecule has 0 aliphatic carbocycles. The van der Waals surface area contributed by atoms with Gasteiger partial charge in [-0.05, 0) is 20.4 Å². The molecule has 3 atom stereocenters. The highest BCUT2D eigenvalue weighted by atomic mass is 16.5. The summed E-state index contributed by atoms with van der Waals surface area (Å²) < 4.78 is 7.52. The number of carbonyl (C=O) groups is 1. The van der Waals surface area contributed by atoms with Crippen LogP contribution in [0.3, 0.4) is 0 Å². The van der Waals surface area contributed by atoms with Crippen molar-refractivity contribution >= 4 is 5.91 Å². The van der Waals surface area contributed by atoms with Gasteiger partial charge in [-0.15, -0.1) is 0 Å². The second-order valence-electron chi connectivity index (χ2n) is 5.39. The van der Waals surface area contributed by atoms with Crippen molar-refractivity contribution in [1.82, 2.24) is 20.0 Å². The minimum atomic E-state index is -0.341. The summed E-state index contributed by atoms with van der Waals surface area (Å²) in [6.07, 6.45) is 4.75. The Hall–Kier alpha value is -1.40. The van der Waals surface area contributed by atoms with Gasteiger partial charge >= 0.3 is 0 Å². The first-order valence-electron chi connectivity index (χ1n) is 7.15. The first-order chi connectivity index (χ1) is 9.55. The molecule has 1 aromatic rings. The number of ether oxygens (including phenoxy) is 1. The SMILES string of the molecule is CCC1CN(C(=O)C(NC)c2cnn(C)c2)CC(C)O1. The zero-order chi connectivity index (χ0) is 14.7. The van der Waals surface area contributed by atoms with Gasteiger partial charge in [0.25, 0.3) is 0 Å². The summed E-state index contributed by atoms with van der Waals surface area (Å²) in [5.74, 6) is 0.0918. The Morgan fingerprint density at radius 3 is 2.90 bits per heavy atom. The number of likely N-dealkylation sites (N-methyl/N-ethyl adjacent to an activating group) is 1. The summed E-state index contributed by atoms with van der Waals surface area (Å²) in [4.78, 5) is 14.6. The minimum absolute atomic E-state index is 0.0871. The van der Waals surface area contributed by atoms with Gasteiger partial charge in [0.05, 0.1) is 18.4 Å². The summed E-state index contributed by atoms with van der Waals surface area (Å²) >= 11 is 0. The van der Waals surface area contributed by atoms with E-state index in [9.17, 15) is 4.79 Å². The molecule has 1 aromatic heterocycles. The Morgan fingerprint density at radius 1 is 1.60 bits per heavy atom. The van der Waals surface area contributed by atoms with E-state index in [1.807, 2.05) is 25.1 Å². The number of hydrogen-bond donors (Lipinski definition) is 1. The number of morpholine rings is 1. The van der Waals surface area contributed by atoms with E-state index in [0.29, 0.717) is 13.1 Å². The van der Waals surface area contributed by atoms with Crippen molar-refractivity contribution in [3.05, 3.63) is 18.0 Å². The molecular weight excluding hydrogens is 256 g/mol. The Labute approximate surface area is 120 Å². The van der Waals surface area contributed by atoms with Crippen molar-refractivity contribution in [3.63, 3.8) is 0 Å². The van der Waals surface area contributed by atoms with Crippen LogP contribution in [0.15, 0.2) is 12.4 Å². The van der Waals surface area contributed by atoms with Crippen LogP contribution in [0.25, 0.3) is 0 Å². The fourth-order valence-corrected chi connectivity index (χ4v) is 2.66. The third kappa shape index (κ3) is 3.19. The number of hydrogen-bond acceptors (Lipinski definition) is 4. The lowest BCUT2D eigenvalue weighted by molar-refractivity contribution is -0.146. The quantitative estimate of drug-likeness (QED) is 0.882. The molecule has 1 aliphatic rings. The van der Waals surface area contributed by atoms with Crippen LogP contribution in [-0.4, -0.2) is 52.9 Å². The smallest absolute Gasteiger partial charge is 0.244 e. The molecule has 1 N–H and O–H groups in total. The van der Waals surface area contributed by atoms with Gasteiger partial charge in [-0.25, -0.2) is 0 Å². The molecule has 2 heterocycles. The van der Waals surface area contributed by atoms with Crippen LogP contribution in [0.1, 0.15) is 31.9 Å².